The number of methoxy groups -OCH3 is 3. The molecular weight excluding hydrogens is 450 g/mol. The lowest BCUT2D eigenvalue weighted by molar-refractivity contribution is -0.116. The zero-order valence-electron chi connectivity index (χ0n) is 20.0. The molecule has 1 atom stereocenters. The Morgan fingerprint density at radius 2 is 1.60 bits per heavy atom. The molecule has 0 aromatic heterocycles. The minimum absolute atomic E-state index is 0.109. The minimum atomic E-state index is -0.513. The van der Waals surface area contributed by atoms with E-state index < -0.39 is 5.97 Å². The van der Waals surface area contributed by atoms with Crippen molar-refractivity contribution < 1.29 is 33.3 Å². The van der Waals surface area contributed by atoms with Gasteiger partial charge in [0, 0.05) is 24.1 Å². The minimum Gasteiger partial charge on any atom is -0.497 e. The fraction of sp³-hybridized carbons (Fsp3) is 0.259. The van der Waals surface area contributed by atoms with Crippen LogP contribution in [0.1, 0.15) is 40.7 Å². The smallest absolute Gasteiger partial charge is 0.343 e. The Kier molecular flexibility index (Phi) is 7.10. The second-order valence-electron chi connectivity index (χ2n) is 7.86. The lowest BCUT2D eigenvalue weighted by Crippen LogP contribution is -2.23. The number of hydrogen-bond acceptors (Lipinski definition) is 7. The average Bonchev–Trinajstić information content (AvgIpc) is 2.88. The molecule has 0 saturated carbocycles. The SMILES string of the molecule is CCOc1cc([C@H]2CC(=O)Nc3cc(OC)c(OC)cc32)ccc1OC(=O)c1ccc(OC)cc1. The molecule has 3 aromatic rings. The Morgan fingerprint density at radius 1 is 0.886 bits per heavy atom. The molecule has 0 saturated heterocycles. The molecule has 4 rings (SSSR count). The maximum Gasteiger partial charge on any atom is 0.343 e. The Hall–Kier alpha value is -4.20. The highest BCUT2D eigenvalue weighted by molar-refractivity contribution is 5.96. The van der Waals surface area contributed by atoms with Crippen LogP contribution >= 0.6 is 0 Å². The lowest BCUT2D eigenvalue weighted by Gasteiger charge is -2.27. The molecule has 1 N–H and O–H groups in total. The van der Waals surface area contributed by atoms with Gasteiger partial charge in [0.25, 0.3) is 0 Å². The highest BCUT2D eigenvalue weighted by atomic mass is 16.6. The Morgan fingerprint density at radius 3 is 2.26 bits per heavy atom. The standard InChI is InChI=1S/C27H27NO7/c1-5-34-25-12-17(8-11-22(25)35-27(30)16-6-9-18(31-2)10-7-16)19-14-26(29)28-21-15-24(33-4)23(32-3)13-20(19)21/h6-13,15,19H,5,14H2,1-4H3,(H,28,29)/t19-/m1/s1. The van der Waals surface area contributed by atoms with Crippen LogP contribution in [0, 0.1) is 0 Å². The van der Waals surface area contributed by atoms with Crippen molar-refractivity contribution in [2.24, 2.45) is 0 Å². The largest absolute Gasteiger partial charge is 0.497 e. The number of anilines is 1. The van der Waals surface area contributed by atoms with E-state index in [4.69, 9.17) is 23.7 Å². The summed E-state index contributed by atoms with van der Waals surface area (Å²) in [7, 11) is 4.68. The summed E-state index contributed by atoms with van der Waals surface area (Å²) in [6, 6.07) is 15.6. The molecule has 182 valence electrons. The monoisotopic (exact) mass is 477 g/mol. The van der Waals surface area contributed by atoms with Gasteiger partial charge in [-0.05, 0) is 60.5 Å². The summed E-state index contributed by atoms with van der Waals surface area (Å²) in [5, 5.41) is 2.91. The van der Waals surface area contributed by atoms with Gasteiger partial charge in [0.2, 0.25) is 5.91 Å². The van der Waals surface area contributed by atoms with Gasteiger partial charge in [-0.25, -0.2) is 4.79 Å². The van der Waals surface area contributed by atoms with Crippen molar-refractivity contribution in [3.8, 4) is 28.7 Å². The van der Waals surface area contributed by atoms with Crippen molar-refractivity contribution in [3.63, 3.8) is 0 Å². The van der Waals surface area contributed by atoms with Crippen molar-refractivity contribution in [1.29, 1.82) is 0 Å². The van der Waals surface area contributed by atoms with Gasteiger partial charge < -0.3 is 29.0 Å². The fourth-order valence-corrected chi connectivity index (χ4v) is 4.07. The molecule has 1 heterocycles. The van der Waals surface area contributed by atoms with E-state index in [1.807, 2.05) is 25.1 Å². The van der Waals surface area contributed by atoms with Crippen LogP contribution in [0.4, 0.5) is 5.69 Å². The van der Waals surface area contributed by atoms with Gasteiger partial charge >= 0.3 is 5.97 Å². The van der Waals surface area contributed by atoms with Crippen molar-refractivity contribution in [2.75, 3.05) is 33.3 Å². The van der Waals surface area contributed by atoms with Crippen LogP contribution in [-0.4, -0.2) is 39.8 Å². The maximum absolute atomic E-state index is 12.7. The molecule has 1 aliphatic rings. The second-order valence-corrected chi connectivity index (χ2v) is 7.86. The van der Waals surface area contributed by atoms with Crippen LogP contribution in [0.3, 0.4) is 0 Å². The quantitative estimate of drug-likeness (QED) is 0.368. The normalized spacial score (nSPS) is 14.4. The summed E-state index contributed by atoms with van der Waals surface area (Å²) in [6.07, 6.45) is 0.249. The molecule has 8 nitrogen and oxygen atoms in total. The van der Waals surface area contributed by atoms with E-state index in [2.05, 4.69) is 5.32 Å². The van der Waals surface area contributed by atoms with Crippen LogP contribution in [-0.2, 0) is 4.79 Å². The van der Waals surface area contributed by atoms with Crippen molar-refractivity contribution in [2.45, 2.75) is 19.3 Å². The number of carbonyl (C=O) groups is 2. The van der Waals surface area contributed by atoms with Crippen LogP contribution in [0.5, 0.6) is 28.7 Å². The topological polar surface area (TPSA) is 92.3 Å². The number of nitrogens with one attached hydrogen (secondary N) is 1. The van der Waals surface area contributed by atoms with Crippen LogP contribution in [0.25, 0.3) is 0 Å². The maximum atomic E-state index is 12.7. The number of hydrogen-bond donors (Lipinski definition) is 1. The highest BCUT2D eigenvalue weighted by Gasteiger charge is 2.29. The molecule has 1 aliphatic heterocycles. The van der Waals surface area contributed by atoms with Crippen LogP contribution in [0.2, 0.25) is 0 Å². The van der Waals surface area contributed by atoms with Crippen LogP contribution in [0.15, 0.2) is 54.6 Å². The molecule has 0 radical (unpaired) electrons. The molecule has 0 aliphatic carbocycles. The van der Waals surface area contributed by atoms with Gasteiger partial charge in [0.05, 0.1) is 33.5 Å². The number of carbonyl (C=O) groups excluding carboxylic acids is 2. The zero-order valence-corrected chi connectivity index (χ0v) is 20.0. The van der Waals surface area contributed by atoms with E-state index in [0.29, 0.717) is 46.6 Å². The van der Waals surface area contributed by atoms with E-state index in [9.17, 15) is 9.59 Å². The van der Waals surface area contributed by atoms with E-state index in [0.717, 1.165) is 11.1 Å². The Labute approximate surface area is 203 Å². The third-order valence-corrected chi connectivity index (χ3v) is 5.79. The van der Waals surface area contributed by atoms with Crippen molar-refractivity contribution in [3.05, 3.63) is 71.3 Å². The third kappa shape index (κ3) is 5.01. The van der Waals surface area contributed by atoms with E-state index in [-0.39, 0.29) is 18.2 Å². The number of rotatable bonds is 8. The zero-order chi connectivity index (χ0) is 24.9. The molecule has 0 bridgehead atoms. The van der Waals surface area contributed by atoms with Gasteiger partial charge in [-0.15, -0.1) is 0 Å². The first-order valence-corrected chi connectivity index (χ1v) is 11.2. The summed E-state index contributed by atoms with van der Waals surface area (Å²) in [4.78, 5) is 25.2. The van der Waals surface area contributed by atoms with Crippen molar-refractivity contribution >= 4 is 17.6 Å². The predicted molar refractivity (Wildman–Crippen MR) is 130 cm³/mol. The Bertz CT molecular complexity index is 1240. The van der Waals surface area contributed by atoms with Crippen molar-refractivity contribution in [1.82, 2.24) is 0 Å². The molecule has 3 aromatic carbocycles. The first kappa shape index (κ1) is 23.9. The summed E-state index contributed by atoms with van der Waals surface area (Å²) in [5.74, 6) is 1.59. The summed E-state index contributed by atoms with van der Waals surface area (Å²) < 4.78 is 27.4. The summed E-state index contributed by atoms with van der Waals surface area (Å²) >= 11 is 0. The molecule has 0 fully saturated rings. The number of amides is 1. The number of fused-ring (bicyclic) bond motifs is 1. The summed E-state index contributed by atoms with van der Waals surface area (Å²) in [5.41, 5.74) is 2.79. The van der Waals surface area contributed by atoms with E-state index in [1.54, 1.807) is 57.7 Å². The average molecular weight is 478 g/mol. The van der Waals surface area contributed by atoms with Gasteiger partial charge in [-0.2, -0.15) is 0 Å². The van der Waals surface area contributed by atoms with Gasteiger partial charge in [0.15, 0.2) is 23.0 Å². The lowest BCUT2D eigenvalue weighted by atomic mass is 9.84. The molecule has 1 amide bonds. The number of benzene rings is 3. The van der Waals surface area contributed by atoms with E-state index in [1.165, 1.54) is 0 Å². The second kappa shape index (κ2) is 10.4. The molecule has 0 unspecified atom stereocenters. The summed E-state index contributed by atoms with van der Waals surface area (Å²) in [6.45, 7) is 2.23. The van der Waals surface area contributed by atoms with Gasteiger partial charge in [-0.3, -0.25) is 4.79 Å². The van der Waals surface area contributed by atoms with E-state index >= 15 is 0 Å². The highest BCUT2D eigenvalue weighted by Crippen LogP contribution is 2.44. The molecule has 0 spiro atoms. The van der Waals surface area contributed by atoms with Gasteiger partial charge in [0.1, 0.15) is 5.75 Å². The van der Waals surface area contributed by atoms with Gasteiger partial charge in [-0.1, -0.05) is 6.07 Å². The fourth-order valence-electron chi connectivity index (χ4n) is 4.07. The first-order chi connectivity index (χ1) is 17.0. The van der Waals surface area contributed by atoms with Crippen LogP contribution < -0.4 is 29.0 Å². The predicted octanol–water partition coefficient (Wildman–Crippen LogP) is 4.80. The molecule has 8 heteroatoms. The first-order valence-electron chi connectivity index (χ1n) is 11.2. The third-order valence-electron chi connectivity index (χ3n) is 5.79. The number of ether oxygens (including phenoxy) is 5. The Balaban J connectivity index is 1.67. The number of esters is 1. The molecule has 35 heavy (non-hydrogen) atoms. The molecular formula is C27H27NO7.